The SMILES string of the molecule is O=C(Nc1ccc(Cc2ccncc2)cc1)c1cc(COc2ccccc2Cl)cs1. The first-order chi connectivity index (χ1) is 14.7. The van der Waals surface area contributed by atoms with Crippen molar-refractivity contribution < 1.29 is 9.53 Å². The fourth-order valence-corrected chi connectivity index (χ4v) is 3.91. The van der Waals surface area contributed by atoms with Crippen molar-refractivity contribution in [2.24, 2.45) is 0 Å². The number of hydrogen-bond donors (Lipinski definition) is 1. The molecule has 0 aliphatic rings. The Morgan fingerprint density at radius 2 is 1.70 bits per heavy atom. The molecular weight excluding hydrogens is 416 g/mol. The van der Waals surface area contributed by atoms with Crippen LogP contribution in [-0.2, 0) is 13.0 Å². The number of para-hydroxylation sites is 1. The average molecular weight is 435 g/mol. The highest BCUT2D eigenvalue weighted by molar-refractivity contribution is 7.12. The van der Waals surface area contributed by atoms with E-state index in [0.29, 0.717) is 22.3 Å². The first-order valence-corrected chi connectivity index (χ1v) is 10.7. The molecule has 0 aliphatic heterocycles. The summed E-state index contributed by atoms with van der Waals surface area (Å²) in [5, 5.41) is 5.43. The van der Waals surface area contributed by atoms with Gasteiger partial charge in [-0.05, 0) is 65.4 Å². The number of thiophene rings is 1. The summed E-state index contributed by atoms with van der Waals surface area (Å²) in [5.74, 6) is 0.495. The Labute approximate surface area is 184 Å². The lowest BCUT2D eigenvalue weighted by molar-refractivity contribution is 0.103. The summed E-state index contributed by atoms with van der Waals surface area (Å²) in [6.07, 6.45) is 4.41. The number of nitrogens with zero attached hydrogens (tertiary/aromatic N) is 1. The Hall–Kier alpha value is -3.15. The van der Waals surface area contributed by atoms with E-state index in [4.69, 9.17) is 16.3 Å². The van der Waals surface area contributed by atoms with Gasteiger partial charge in [-0.1, -0.05) is 35.9 Å². The Morgan fingerprint density at radius 1 is 0.967 bits per heavy atom. The van der Waals surface area contributed by atoms with Crippen molar-refractivity contribution in [1.82, 2.24) is 4.98 Å². The van der Waals surface area contributed by atoms with Crippen molar-refractivity contribution in [3.63, 3.8) is 0 Å². The van der Waals surface area contributed by atoms with Crippen molar-refractivity contribution in [2.45, 2.75) is 13.0 Å². The third-order valence-corrected chi connectivity index (χ3v) is 5.77. The number of pyridine rings is 1. The normalized spacial score (nSPS) is 10.6. The number of benzene rings is 2. The molecule has 0 unspecified atom stereocenters. The summed E-state index contributed by atoms with van der Waals surface area (Å²) < 4.78 is 5.74. The molecule has 0 fully saturated rings. The van der Waals surface area contributed by atoms with E-state index in [-0.39, 0.29) is 5.91 Å². The maximum atomic E-state index is 12.6. The number of aromatic nitrogens is 1. The van der Waals surface area contributed by atoms with Crippen molar-refractivity contribution in [3.8, 4) is 5.75 Å². The van der Waals surface area contributed by atoms with E-state index in [0.717, 1.165) is 17.7 Å². The highest BCUT2D eigenvalue weighted by atomic mass is 35.5. The molecule has 30 heavy (non-hydrogen) atoms. The summed E-state index contributed by atoms with van der Waals surface area (Å²) in [5.41, 5.74) is 4.07. The number of anilines is 1. The molecule has 0 bridgehead atoms. The first-order valence-electron chi connectivity index (χ1n) is 9.41. The summed E-state index contributed by atoms with van der Waals surface area (Å²) in [4.78, 5) is 17.2. The van der Waals surface area contributed by atoms with Gasteiger partial charge in [0, 0.05) is 23.6 Å². The molecule has 4 rings (SSSR count). The molecule has 4 aromatic rings. The van der Waals surface area contributed by atoms with Crippen molar-refractivity contribution >= 4 is 34.5 Å². The minimum atomic E-state index is -0.133. The van der Waals surface area contributed by atoms with Gasteiger partial charge in [0.05, 0.1) is 9.90 Å². The number of nitrogens with one attached hydrogen (secondary N) is 1. The number of amides is 1. The van der Waals surface area contributed by atoms with Crippen LogP contribution in [0.4, 0.5) is 5.69 Å². The Morgan fingerprint density at radius 3 is 2.47 bits per heavy atom. The zero-order valence-electron chi connectivity index (χ0n) is 16.0. The molecule has 0 spiro atoms. The molecule has 0 saturated carbocycles. The molecule has 150 valence electrons. The summed E-state index contributed by atoms with van der Waals surface area (Å²) in [6, 6.07) is 21.1. The summed E-state index contributed by atoms with van der Waals surface area (Å²) in [7, 11) is 0. The lowest BCUT2D eigenvalue weighted by Crippen LogP contribution is -2.10. The van der Waals surface area contributed by atoms with Gasteiger partial charge in [0.25, 0.3) is 5.91 Å². The molecule has 0 radical (unpaired) electrons. The molecule has 2 aromatic carbocycles. The lowest BCUT2D eigenvalue weighted by atomic mass is 10.1. The van der Waals surface area contributed by atoms with Crippen LogP contribution in [-0.4, -0.2) is 10.9 Å². The molecule has 1 N–H and O–H groups in total. The molecule has 6 heteroatoms. The third kappa shape index (κ3) is 5.26. The van der Waals surface area contributed by atoms with E-state index < -0.39 is 0 Å². The van der Waals surface area contributed by atoms with Gasteiger partial charge in [0.15, 0.2) is 0 Å². The summed E-state index contributed by atoms with van der Waals surface area (Å²) >= 11 is 7.49. The topological polar surface area (TPSA) is 51.2 Å². The molecule has 0 atom stereocenters. The second kappa shape index (κ2) is 9.57. The highest BCUT2D eigenvalue weighted by Crippen LogP contribution is 2.25. The first kappa shape index (κ1) is 20.1. The van der Waals surface area contributed by atoms with Crippen LogP contribution >= 0.6 is 22.9 Å². The maximum absolute atomic E-state index is 12.6. The van der Waals surface area contributed by atoms with E-state index in [9.17, 15) is 4.79 Å². The average Bonchev–Trinajstić information content (AvgIpc) is 3.25. The van der Waals surface area contributed by atoms with Gasteiger partial charge in [0.2, 0.25) is 0 Å². The standard InChI is InChI=1S/C24H19ClN2O2S/c25-21-3-1-2-4-22(21)29-15-19-14-23(30-16-19)24(28)27-20-7-5-17(6-8-20)13-18-9-11-26-12-10-18/h1-12,14,16H,13,15H2,(H,27,28). The van der Waals surface area contributed by atoms with Gasteiger partial charge in [0.1, 0.15) is 12.4 Å². The van der Waals surface area contributed by atoms with Crippen LogP contribution in [0.1, 0.15) is 26.4 Å². The van der Waals surface area contributed by atoms with Crippen LogP contribution in [0.15, 0.2) is 84.5 Å². The number of carbonyl (C=O) groups excluding carboxylic acids is 1. The van der Waals surface area contributed by atoms with Gasteiger partial charge in [-0.3, -0.25) is 9.78 Å². The monoisotopic (exact) mass is 434 g/mol. The lowest BCUT2D eigenvalue weighted by Gasteiger charge is -2.06. The Bertz CT molecular complexity index is 1130. The molecule has 2 aromatic heterocycles. The van der Waals surface area contributed by atoms with Crippen LogP contribution in [0.2, 0.25) is 5.02 Å². The molecule has 4 nitrogen and oxygen atoms in total. The van der Waals surface area contributed by atoms with Crippen LogP contribution in [0.25, 0.3) is 0 Å². The number of hydrogen-bond acceptors (Lipinski definition) is 4. The third-order valence-electron chi connectivity index (χ3n) is 4.48. The molecular formula is C24H19ClN2O2S. The van der Waals surface area contributed by atoms with Crippen molar-refractivity contribution in [1.29, 1.82) is 0 Å². The maximum Gasteiger partial charge on any atom is 0.265 e. The van der Waals surface area contributed by atoms with E-state index in [2.05, 4.69) is 10.3 Å². The Balaban J connectivity index is 1.33. The number of halogens is 1. The second-order valence-electron chi connectivity index (χ2n) is 6.72. The molecule has 0 saturated heterocycles. The molecule has 2 heterocycles. The van der Waals surface area contributed by atoms with E-state index in [1.807, 2.05) is 66.0 Å². The summed E-state index contributed by atoms with van der Waals surface area (Å²) in [6.45, 7) is 0.358. The largest absolute Gasteiger partial charge is 0.487 e. The van der Waals surface area contributed by atoms with E-state index in [1.165, 1.54) is 22.5 Å². The number of rotatable bonds is 7. The predicted molar refractivity (Wildman–Crippen MR) is 122 cm³/mol. The fourth-order valence-electron chi connectivity index (χ4n) is 2.93. The highest BCUT2D eigenvalue weighted by Gasteiger charge is 2.11. The Kier molecular flexibility index (Phi) is 6.42. The van der Waals surface area contributed by atoms with Gasteiger partial charge in [-0.15, -0.1) is 11.3 Å². The van der Waals surface area contributed by atoms with Crippen LogP contribution in [0, 0.1) is 0 Å². The minimum absolute atomic E-state index is 0.133. The van der Waals surface area contributed by atoms with Crippen molar-refractivity contribution in [3.05, 3.63) is 111 Å². The van der Waals surface area contributed by atoms with Gasteiger partial charge < -0.3 is 10.1 Å². The second-order valence-corrected chi connectivity index (χ2v) is 8.04. The van der Waals surface area contributed by atoms with E-state index in [1.54, 1.807) is 18.5 Å². The van der Waals surface area contributed by atoms with Gasteiger partial charge in [-0.2, -0.15) is 0 Å². The molecule has 0 aliphatic carbocycles. The van der Waals surface area contributed by atoms with Crippen LogP contribution < -0.4 is 10.1 Å². The van der Waals surface area contributed by atoms with E-state index >= 15 is 0 Å². The number of carbonyl (C=O) groups is 1. The smallest absolute Gasteiger partial charge is 0.265 e. The van der Waals surface area contributed by atoms with Crippen LogP contribution in [0.5, 0.6) is 5.75 Å². The fraction of sp³-hybridized carbons (Fsp3) is 0.0833. The quantitative estimate of drug-likeness (QED) is 0.375. The molecule has 1 amide bonds. The zero-order chi connectivity index (χ0) is 20.8. The van der Waals surface area contributed by atoms with Crippen molar-refractivity contribution in [2.75, 3.05) is 5.32 Å². The minimum Gasteiger partial charge on any atom is -0.487 e. The zero-order valence-corrected chi connectivity index (χ0v) is 17.6. The van der Waals surface area contributed by atoms with Gasteiger partial charge >= 0.3 is 0 Å². The van der Waals surface area contributed by atoms with Gasteiger partial charge in [-0.25, -0.2) is 0 Å². The predicted octanol–water partition coefficient (Wildman–Crippen LogP) is 6.22. The van der Waals surface area contributed by atoms with Crippen LogP contribution in [0.3, 0.4) is 0 Å². The number of ether oxygens (including phenoxy) is 1.